The van der Waals surface area contributed by atoms with Gasteiger partial charge in [-0.25, -0.2) is 4.39 Å². The molecule has 0 unspecified atom stereocenters. The Morgan fingerprint density at radius 1 is 1.00 bits per heavy atom. The smallest absolute Gasteiger partial charge is 0.258 e. The molecule has 0 N–H and O–H groups in total. The lowest BCUT2D eigenvalue weighted by Crippen LogP contribution is -1.93. The maximum Gasteiger partial charge on any atom is 0.305 e. The predicted molar refractivity (Wildman–Crippen MR) is 84.3 cm³/mol. The molecule has 0 spiro atoms. The lowest BCUT2D eigenvalue weighted by atomic mass is 10.2. The molecule has 0 bridgehead atoms. The first-order valence-corrected chi connectivity index (χ1v) is 7.32. The van der Waals surface area contributed by atoms with Crippen LogP contribution in [-0.2, 0) is 0 Å². The molecular weight excluding hydrogens is 412 g/mol. The Hall–Kier alpha value is -1.34. The van der Waals surface area contributed by atoms with Crippen molar-refractivity contribution >= 4 is 37.5 Å². The van der Waals surface area contributed by atoms with Gasteiger partial charge in [0.25, 0.3) is 0 Å². The highest BCUT2D eigenvalue weighted by molar-refractivity contribution is 9.10. The lowest BCUT2D eigenvalue weighted by Gasteiger charge is -1.98. The first-order valence-electron chi connectivity index (χ1n) is 5.74. The Morgan fingerprint density at radius 2 is 1.57 bits per heavy atom. The Morgan fingerprint density at radius 3 is 2.05 bits per heavy atom. The summed E-state index contributed by atoms with van der Waals surface area (Å²) in [6.45, 7) is 3.58. The Bertz CT molecular complexity index is 678. The second-order valence-electron chi connectivity index (χ2n) is 4.20. The SMILES string of the molecule is Cc1cc([N+](=O)[O-])c(F)cc1Br.Cc1ccc(F)cc1Br. The van der Waals surface area contributed by atoms with Gasteiger partial charge in [-0.15, -0.1) is 0 Å². The van der Waals surface area contributed by atoms with E-state index in [0.29, 0.717) is 10.0 Å². The molecule has 0 aliphatic carbocycles. The highest BCUT2D eigenvalue weighted by Gasteiger charge is 2.15. The third-order valence-electron chi connectivity index (χ3n) is 2.56. The molecule has 7 heteroatoms. The number of aryl methyl sites for hydroxylation is 2. The normalized spacial score (nSPS) is 9.81. The van der Waals surface area contributed by atoms with Crippen LogP contribution in [0.15, 0.2) is 39.3 Å². The molecule has 0 saturated carbocycles. The van der Waals surface area contributed by atoms with Gasteiger partial charge >= 0.3 is 5.69 Å². The van der Waals surface area contributed by atoms with Gasteiger partial charge in [-0.3, -0.25) is 10.1 Å². The summed E-state index contributed by atoms with van der Waals surface area (Å²) in [7, 11) is 0. The maximum atomic E-state index is 12.8. The van der Waals surface area contributed by atoms with Crippen molar-refractivity contribution in [3.63, 3.8) is 0 Å². The van der Waals surface area contributed by atoms with Crippen molar-refractivity contribution in [3.05, 3.63) is 72.2 Å². The number of benzene rings is 2. The minimum atomic E-state index is -0.822. The van der Waals surface area contributed by atoms with Crippen molar-refractivity contribution in [2.75, 3.05) is 0 Å². The van der Waals surface area contributed by atoms with Gasteiger partial charge in [-0.05, 0) is 43.2 Å². The zero-order valence-corrected chi connectivity index (χ0v) is 14.3. The van der Waals surface area contributed by atoms with Crippen molar-refractivity contribution in [2.45, 2.75) is 13.8 Å². The van der Waals surface area contributed by atoms with E-state index >= 15 is 0 Å². The van der Waals surface area contributed by atoms with Gasteiger partial charge in [0, 0.05) is 15.0 Å². The summed E-state index contributed by atoms with van der Waals surface area (Å²) in [5.74, 6) is -1.02. The van der Waals surface area contributed by atoms with Crippen molar-refractivity contribution < 1.29 is 13.7 Å². The largest absolute Gasteiger partial charge is 0.305 e. The van der Waals surface area contributed by atoms with Crippen LogP contribution < -0.4 is 0 Å². The molecule has 0 aliphatic rings. The third kappa shape index (κ3) is 5.17. The summed E-state index contributed by atoms with van der Waals surface area (Å²) in [6, 6.07) is 6.92. The standard InChI is InChI=1S/C7H5BrFNO2.C7H6BrF/c1-4-2-7(10(11)12)6(9)3-5(4)8;1-5-2-3-6(9)4-7(5)8/h2-3H,1H3;2-4H,1H3. The van der Waals surface area contributed by atoms with Crippen LogP contribution in [0.3, 0.4) is 0 Å². The summed E-state index contributed by atoms with van der Waals surface area (Å²) in [4.78, 5) is 9.49. The van der Waals surface area contributed by atoms with E-state index in [9.17, 15) is 18.9 Å². The predicted octanol–water partition coefficient (Wildman–Crippen LogP) is 5.70. The van der Waals surface area contributed by atoms with Gasteiger partial charge in [0.1, 0.15) is 5.82 Å². The van der Waals surface area contributed by atoms with Crippen LogP contribution in [0.4, 0.5) is 14.5 Å². The first-order chi connectivity index (χ1) is 9.72. The molecule has 0 fully saturated rings. The third-order valence-corrected chi connectivity index (χ3v) is 4.27. The molecule has 21 heavy (non-hydrogen) atoms. The minimum absolute atomic E-state index is 0.201. The van der Waals surface area contributed by atoms with E-state index in [0.717, 1.165) is 16.1 Å². The minimum Gasteiger partial charge on any atom is -0.258 e. The number of nitro benzene ring substituents is 1. The molecule has 2 rings (SSSR count). The van der Waals surface area contributed by atoms with Crippen molar-refractivity contribution in [1.29, 1.82) is 0 Å². The van der Waals surface area contributed by atoms with Crippen LogP contribution in [0.2, 0.25) is 0 Å². The van der Waals surface area contributed by atoms with E-state index in [4.69, 9.17) is 0 Å². The Balaban J connectivity index is 0.000000219. The molecule has 2 aromatic carbocycles. The molecular formula is C14H11Br2F2NO2. The van der Waals surface area contributed by atoms with Crippen molar-refractivity contribution in [1.82, 2.24) is 0 Å². The molecule has 2 aromatic rings. The number of halogens is 4. The average Bonchev–Trinajstić information content (AvgIpc) is 2.39. The molecule has 0 aromatic heterocycles. The topological polar surface area (TPSA) is 43.1 Å². The van der Waals surface area contributed by atoms with Crippen LogP contribution >= 0.6 is 31.9 Å². The van der Waals surface area contributed by atoms with E-state index in [2.05, 4.69) is 31.9 Å². The molecule has 0 amide bonds. The first kappa shape index (κ1) is 17.7. The van der Waals surface area contributed by atoms with E-state index in [1.807, 2.05) is 6.92 Å². The molecule has 112 valence electrons. The second kappa shape index (κ2) is 7.61. The summed E-state index contributed by atoms with van der Waals surface area (Å²) < 4.78 is 26.5. The summed E-state index contributed by atoms with van der Waals surface area (Å²) >= 11 is 6.27. The van der Waals surface area contributed by atoms with Crippen LogP contribution in [0.25, 0.3) is 0 Å². The molecule has 0 aliphatic heterocycles. The molecule has 0 atom stereocenters. The monoisotopic (exact) mass is 421 g/mol. The zero-order chi connectivity index (χ0) is 16.2. The van der Waals surface area contributed by atoms with Gasteiger partial charge in [-0.1, -0.05) is 37.9 Å². The average molecular weight is 423 g/mol. The molecule has 0 heterocycles. The van der Waals surface area contributed by atoms with Gasteiger partial charge in [0.05, 0.1) is 4.92 Å². The van der Waals surface area contributed by atoms with E-state index in [1.165, 1.54) is 18.2 Å². The molecule has 3 nitrogen and oxygen atoms in total. The fourth-order valence-corrected chi connectivity index (χ4v) is 2.02. The van der Waals surface area contributed by atoms with Crippen LogP contribution in [0, 0.1) is 35.6 Å². The van der Waals surface area contributed by atoms with E-state index < -0.39 is 16.4 Å². The van der Waals surface area contributed by atoms with Crippen LogP contribution in [0.1, 0.15) is 11.1 Å². The maximum absolute atomic E-state index is 12.8. The number of nitro groups is 1. The zero-order valence-electron chi connectivity index (χ0n) is 11.2. The quantitative estimate of drug-likeness (QED) is 0.436. The van der Waals surface area contributed by atoms with Crippen molar-refractivity contribution in [2.24, 2.45) is 0 Å². The van der Waals surface area contributed by atoms with E-state index in [-0.39, 0.29) is 5.82 Å². The fourth-order valence-electron chi connectivity index (χ4n) is 1.35. The molecule has 0 saturated heterocycles. The highest BCUT2D eigenvalue weighted by Crippen LogP contribution is 2.25. The van der Waals surface area contributed by atoms with Gasteiger partial charge in [-0.2, -0.15) is 4.39 Å². The Labute approximate surface area is 137 Å². The summed E-state index contributed by atoms with van der Waals surface area (Å²) in [5, 5.41) is 10.2. The van der Waals surface area contributed by atoms with Crippen LogP contribution in [-0.4, -0.2) is 4.92 Å². The summed E-state index contributed by atoms with van der Waals surface area (Å²) in [5.41, 5.74) is 1.20. The van der Waals surface area contributed by atoms with Crippen molar-refractivity contribution in [3.8, 4) is 0 Å². The fraction of sp³-hybridized carbons (Fsp3) is 0.143. The van der Waals surface area contributed by atoms with Crippen LogP contribution in [0.5, 0.6) is 0 Å². The number of hydrogen-bond donors (Lipinski definition) is 0. The highest BCUT2D eigenvalue weighted by atomic mass is 79.9. The van der Waals surface area contributed by atoms with E-state index in [1.54, 1.807) is 13.0 Å². The van der Waals surface area contributed by atoms with Gasteiger partial charge in [0.2, 0.25) is 5.82 Å². The molecule has 0 radical (unpaired) electrons. The summed E-state index contributed by atoms with van der Waals surface area (Å²) in [6.07, 6.45) is 0. The lowest BCUT2D eigenvalue weighted by molar-refractivity contribution is -0.387. The number of hydrogen-bond acceptors (Lipinski definition) is 2. The second-order valence-corrected chi connectivity index (χ2v) is 5.91. The van der Waals surface area contributed by atoms with Gasteiger partial charge < -0.3 is 0 Å². The number of rotatable bonds is 1. The number of nitrogens with zero attached hydrogens (tertiary/aromatic N) is 1. The Kier molecular flexibility index (Phi) is 6.42. The van der Waals surface area contributed by atoms with Gasteiger partial charge in [0.15, 0.2) is 0 Å².